The van der Waals surface area contributed by atoms with Crippen molar-refractivity contribution in [1.82, 2.24) is 0 Å². The van der Waals surface area contributed by atoms with E-state index in [0.29, 0.717) is 11.3 Å². The summed E-state index contributed by atoms with van der Waals surface area (Å²) in [6, 6.07) is 17.0. The van der Waals surface area contributed by atoms with Gasteiger partial charge in [0.05, 0.1) is 12.7 Å². The molecule has 0 aliphatic carbocycles. The standard InChI is InChI=1S/C17H18O3/c1-17(2,14-7-5-4-6-8-14)20-15-11-9-13(10-12-15)16(18)19-3/h4-12H,1-3H3. The van der Waals surface area contributed by atoms with Gasteiger partial charge in [-0.2, -0.15) is 0 Å². The molecule has 0 saturated heterocycles. The maximum atomic E-state index is 11.4. The van der Waals surface area contributed by atoms with Crippen molar-refractivity contribution in [2.45, 2.75) is 19.4 Å². The molecule has 104 valence electrons. The van der Waals surface area contributed by atoms with Gasteiger partial charge in [0.1, 0.15) is 11.4 Å². The molecule has 3 heteroatoms. The second kappa shape index (κ2) is 5.78. The van der Waals surface area contributed by atoms with Gasteiger partial charge in [-0.25, -0.2) is 4.79 Å². The molecule has 0 aliphatic rings. The summed E-state index contributed by atoms with van der Waals surface area (Å²) in [6.07, 6.45) is 0. The van der Waals surface area contributed by atoms with Crippen molar-refractivity contribution >= 4 is 5.97 Å². The predicted octanol–water partition coefficient (Wildman–Crippen LogP) is 3.79. The number of carbonyl (C=O) groups is 1. The van der Waals surface area contributed by atoms with Crippen LogP contribution in [0.15, 0.2) is 54.6 Å². The van der Waals surface area contributed by atoms with Crippen molar-refractivity contribution in [2.75, 3.05) is 7.11 Å². The lowest BCUT2D eigenvalue weighted by molar-refractivity contribution is 0.0600. The predicted molar refractivity (Wildman–Crippen MR) is 77.9 cm³/mol. The fraction of sp³-hybridized carbons (Fsp3) is 0.235. The van der Waals surface area contributed by atoms with E-state index >= 15 is 0 Å². The molecule has 0 aromatic heterocycles. The number of ether oxygens (including phenoxy) is 2. The van der Waals surface area contributed by atoms with E-state index in [4.69, 9.17) is 4.74 Å². The molecule has 0 amide bonds. The van der Waals surface area contributed by atoms with Gasteiger partial charge in [0.15, 0.2) is 0 Å². The topological polar surface area (TPSA) is 35.5 Å². The number of hydrogen-bond acceptors (Lipinski definition) is 3. The Balaban J connectivity index is 2.15. The van der Waals surface area contributed by atoms with Crippen LogP contribution in [0.4, 0.5) is 0 Å². The summed E-state index contributed by atoms with van der Waals surface area (Å²) in [5.74, 6) is 0.366. The summed E-state index contributed by atoms with van der Waals surface area (Å²) < 4.78 is 10.7. The minimum Gasteiger partial charge on any atom is -0.483 e. The van der Waals surface area contributed by atoms with E-state index in [2.05, 4.69) is 4.74 Å². The van der Waals surface area contributed by atoms with E-state index in [1.807, 2.05) is 44.2 Å². The molecule has 0 N–H and O–H groups in total. The molecule has 0 spiro atoms. The molecule has 3 nitrogen and oxygen atoms in total. The maximum absolute atomic E-state index is 11.4. The molecule has 20 heavy (non-hydrogen) atoms. The average Bonchev–Trinajstić information content (AvgIpc) is 2.48. The molecule has 0 fully saturated rings. The molecule has 0 bridgehead atoms. The summed E-state index contributed by atoms with van der Waals surface area (Å²) in [7, 11) is 1.37. The lowest BCUT2D eigenvalue weighted by atomic mass is 9.98. The fourth-order valence-electron chi connectivity index (χ4n) is 1.97. The average molecular weight is 270 g/mol. The van der Waals surface area contributed by atoms with Crippen LogP contribution in [-0.4, -0.2) is 13.1 Å². The Morgan fingerprint density at radius 2 is 1.55 bits per heavy atom. The second-order valence-electron chi connectivity index (χ2n) is 4.99. The Bertz CT molecular complexity index is 571. The Morgan fingerprint density at radius 1 is 0.950 bits per heavy atom. The molecular weight excluding hydrogens is 252 g/mol. The third kappa shape index (κ3) is 3.18. The summed E-state index contributed by atoms with van der Waals surface area (Å²) in [5.41, 5.74) is 1.17. The van der Waals surface area contributed by atoms with Crippen LogP contribution in [0.5, 0.6) is 5.75 Å². The molecular formula is C17H18O3. The smallest absolute Gasteiger partial charge is 0.337 e. The fourth-order valence-corrected chi connectivity index (χ4v) is 1.97. The first-order chi connectivity index (χ1) is 9.53. The van der Waals surface area contributed by atoms with Gasteiger partial charge >= 0.3 is 5.97 Å². The molecule has 2 aromatic rings. The van der Waals surface area contributed by atoms with Gasteiger partial charge < -0.3 is 9.47 Å². The highest BCUT2D eigenvalue weighted by Crippen LogP contribution is 2.27. The van der Waals surface area contributed by atoms with Crippen molar-refractivity contribution in [3.05, 3.63) is 65.7 Å². The molecule has 0 radical (unpaired) electrons. The van der Waals surface area contributed by atoms with Crippen LogP contribution in [0.1, 0.15) is 29.8 Å². The minimum atomic E-state index is -0.436. The van der Waals surface area contributed by atoms with E-state index < -0.39 is 5.60 Å². The third-order valence-corrected chi connectivity index (χ3v) is 3.12. The number of carbonyl (C=O) groups excluding carboxylic acids is 1. The van der Waals surface area contributed by atoms with Gasteiger partial charge in [0.25, 0.3) is 0 Å². The quantitative estimate of drug-likeness (QED) is 0.793. The number of hydrogen-bond donors (Lipinski definition) is 0. The molecule has 0 saturated carbocycles. The van der Waals surface area contributed by atoms with Crippen LogP contribution >= 0.6 is 0 Å². The van der Waals surface area contributed by atoms with Crippen LogP contribution in [-0.2, 0) is 10.3 Å². The van der Waals surface area contributed by atoms with Gasteiger partial charge in [0, 0.05) is 0 Å². The molecule has 0 aliphatic heterocycles. The van der Waals surface area contributed by atoms with Crippen LogP contribution in [0, 0.1) is 0 Å². The molecule has 0 unspecified atom stereocenters. The van der Waals surface area contributed by atoms with Crippen LogP contribution in [0.25, 0.3) is 0 Å². The van der Waals surface area contributed by atoms with E-state index in [1.165, 1.54) is 7.11 Å². The monoisotopic (exact) mass is 270 g/mol. The third-order valence-electron chi connectivity index (χ3n) is 3.12. The molecule has 0 atom stereocenters. The van der Waals surface area contributed by atoms with E-state index in [9.17, 15) is 4.79 Å². The second-order valence-corrected chi connectivity index (χ2v) is 4.99. The highest BCUT2D eigenvalue weighted by molar-refractivity contribution is 5.89. The first kappa shape index (κ1) is 14.1. The number of esters is 1. The number of methoxy groups -OCH3 is 1. The van der Waals surface area contributed by atoms with Crippen LogP contribution in [0.3, 0.4) is 0 Å². The Morgan fingerprint density at radius 3 is 2.10 bits per heavy atom. The molecule has 2 rings (SSSR count). The zero-order chi connectivity index (χ0) is 14.6. The van der Waals surface area contributed by atoms with Gasteiger partial charge in [-0.15, -0.1) is 0 Å². The van der Waals surface area contributed by atoms with Crippen LogP contribution < -0.4 is 4.74 Å². The number of rotatable bonds is 4. The van der Waals surface area contributed by atoms with E-state index in [1.54, 1.807) is 24.3 Å². The summed E-state index contributed by atoms with van der Waals surface area (Å²) in [6.45, 7) is 4.02. The lowest BCUT2D eigenvalue weighted by Crippen LogP contribution is -2.25. The van der Waals surface area contributed by atoms with Crippen molar-refractivity contribution in [3.8, 4) is 5.75 Å². The highest BCUT2D eigenvalue weighted by atomic mass is 16.5. The molecule has 0 heterocycles. The zero-order valence-electron chi connectivity index (χ0n) is 11.9. The number of benzene rings is 2. The van der Waals surface area contributed by atoms with Crippen molar-refractivity contribution in [3.63, 3.8) is 0 Å². The van der Waals surface area contributed by atoms with Gasteiger partial charge in [-0.05, 0) is 43.7 Å². The normalized spacial score (nSPS) is 10.9. The van der Waals surface area contributed by atoms with Gasteiger partial charge in [-0.3, -0.25) is 0 Å². The lowest BCUT2D eigenvalue weighted by Gasteiger charge is -2.27. The minimum absolute atomic E-state index is 0.348. The Hall–Kier alpha value is -2.29. The highest BCUT2D eigenvalue weighted by Gasteiger charge is 2.22. The summed E-state index contributed by atoms with van der Waals surface area (Å²) >= 11 is 0. The summed E-state index contributed by atoms with van der Waals surface area (Å²) in [4.78, 5) is 11.4. The van der Waals surface area contributed by atoms with Crippen molar-refractivity contribution in [2.24, 2.45) is 0 Å². The van der Waals surface area contributed by atoms with Gasteiger partial charge in [0.2, 0.25) is 0 Å². The van der Waals surface area contributed by atoms with Crippen LogP contribution in [0.2, 0.25) is 0 Å². The zero-order valence-corrected chi connectivity index (χ0v) is 11.9. The van der Waals surface area contributed by atoms with Crippen molar-refractivity contribution in [1.29, 1.82) is 0 Å². The molecule has 2 aromatic carbocycles. The Kier molecular flexibility index (Phi) is 4.08. The van der Waals surface area contributed by atoms with E-state index in [-0.39, 0.29) is 5.97 Å². The maximum Gasteiger partial charge on any atom is 0.337 e. The Labute approximate surface area is 119 Å². The first-order valence-electron chi connectivity index (χ1n) is 6.46. The first-order valence-corrected chi connectivity index (χ1v) is 6.46. The summed E-state index contributed by atoms with van der Waals surface area (Å²) in [5, 5.41) is 0. The van der Waals surface area contributed by atoms with E-state index in [0.717, 1.165) is 5.56 Å². The largest absolute Gasteiger partial charge is 0.483 e. The van der Waals surface area contributed by atoms with Gasteiger partial charge in [-0.1, -0.05) is 30.3 Å². The van der Waals surface area contributed by atoms with Crippen molar-refractivity contribution < 1.29 is 14.3 Å². The SMILES string of the molecule is COC(=O)c1ccc(OC(C)(C)c2ccccc2)cc1.